The first-order valence-corrected chi connectivity index (χ1v) is 11.5. The van der Waals surface area contributed by atoms with E-state index in [0.29, 0.717) is 19.8 Å². The van der Waals surface area contributed by atoms with Crippen molar-refractivity contribution in [2.45, 2.75) is 83.9 Å². The first-order valence-electron chi connectivity index (χ1n) is 10.2. The highest BCUT2D eigenvalue weighted by Crippen LogP contribution is 2.34. The summed E-state index contributed by atoms with van der Waals surface area (Å²) in [6.45, 7) is 9.63. The predicted molar refractivity (Wildman–Crippen MR) is 108 cm³/mol. The second kappa shape index (κ2) is 15.8. The van der Waals surface area contributed by atoms with Gasteiger partial charge in [0.25, 0.3) is 0 Å². The van der Waals surface area contributed by atoms with Gasteiger partial charge in [0.2, 0.25) is 15.6 Å². The number of ether oxygens (including phenoxy) is 6. The van der Waals surface area contributed by atoms with Crippen LogP contribution in [0.1, 0.15) is 66.2 Å². The lowest BCUT2D eigenvalue weighted by Gasteiger charge is -2.45. The van der Waals surface area contributed by atoms with Crippen LogP contribution in [0.5, 0.6) is 0 Å². The minimum atomic E-state index is -1.46. The maximum absolute atomic E-state index is 6.25. The lowest BCUT2D eigenvalue weighted by atomic mass is 10.2. The molecule has 27 heavy (non-hydrogen) atoms. The van der Waals surface area contributed by atoms with Crippen molar-refractivity contribution in [3.8, 4) is 0 Å². The molecule has 0 amide bonds. The minimum Gasteiger partial charge on any atom is -0.366 e. The molecular formula is C19H42O7Si. The SMILES string of the molecule is CCCCOC(C)(OC)C(OCCCC)(OCCCC)O[SiH2]C(OC)OC. The summed E-state index contributed by atoms with van der Waals surface area (Å²) in [7, 11) is 3.45. The summed E-state index contributed by atoms with van der Waals surface area (Å²) in [5.41, 5.74) is 0. The molecular weight excluding hydrogens is 368 g/mol. The first-order chi connectivity index (χ1) is 13.0. The predicted octanol–water partition coefficient (Wildman–Crippen LogP) is 3.13. The average Bonchev–Trinajstić information content (AvgIpc) is 2.68. The molecule has 7 nitrogen and oxygen atoms in total. The van der Waals surface area contributed by atoms with Gasteiger partial charge >= 0.3 is 5.97 Å². The molecule has 0 aliphatic heterocycles. The molecule has 0 aliphatic carbocycles. The van der Waals surface area contributed by atoms with Crippen LogP contribution in [-0.2, 0) is 32.8 Å². The van der Waals surface area contributed by atoms with E-state index >= 15 is 0 Å². The molecule has 0 bridgehead atoms. The van der Waals surface area contributed by atoms with Gasteiger partial charge in [0.1, 0.15) is 0 Å². The van der Waals surface area contributed by atoms with Crippen LogP contribution in [0.4, 0.5) is 0 Å². The molecule has 0 aliphatic rings. The summed E-state index contributed by atoms with van der Waals surface area (Å²) in [5, 5.41) is 0. The molecule has 8 heteroatoms. The third-order valence-electron chi connectivity index (χ3n) is 4.34. The van der Waals surface area contributed by atoms with E-state index in [4.69, 9.17) is 32.8 Å². The normalized spacial score (nSPS) is 15.1. The Morgan fingerprint density at radius 1 is 0.741 bits per heavy atom. The van der Waals surface area contributed by atoms with Crippen molar-refractivity contribution in [3.63, 3.8) is 0 Å². The third-order valence-corrected chi connectivity index (χ3v) is 5.82. The zero-order valence-corrected chi connectivity index (χ0v) is 19.9. The van der Waals surface area contributed by atoms with Gasteiger partial charge in [-0.15, -0.1) is 0 Å². The molecule has 0 aromatic rings. The zero-order valence-electron chi connectivity index (χ0n) is 18.5. The number of unbranched alkanes of at least 4 members (excludes halogenated alkanes) is 3. The number of hydrogen-bond donors (Lipinski definition) is 0. The first kappa shape index (κ1) is 26.9. The van der Waals surface area contributed by atoms with Crippen molar-refractivity contribution in [1.82, 2.24) is 0 Å². The van der Waals surface area contributed by atoms with Crippen LogP contribution in [0.2, 0.25) is 0 Å². The molecule has 0 saturated carbocycles. The summed E-state index contributed by atoms with van der Waals surface area (Å²) in [6.07, 6.45) is 5.71. The van der Waals surface area contributed by atoms with Gasteiger partial charge in [0.05, 0.1) is 19.8 Å². The Labute approximate surface area is 168 Å². The van der Waals surface area contributed by atoms with E-state index in [0.717, 1.165) is 38.5 Å². The van der Waals surface area contributed by atoms with Crippen molar-refractivity contribution in [3.05, 3.63) is 0 Å². The van der Waals surface area contributed by atoms with Gasteiger partial charge in [-0.3, -0.25) is 0 Å². The maximum Gasteiger partial charge on any atom is 0.330 e. The molecule has 0 heterocycles. The topological polar surface area (TPSA) is 64.6 Å². The van der Waals surface area contributed by atoms with Crippen LogP contribution in [0.15, 0.2) is 0 Å². The van der Waals surface area contributed by atoms with E-state index in [1.807, 2.05) is 6.92 Å². The van der Waals surface area contributed by atoms with Gasteiger partial charge in [-0.05, 0) is 26.2 Å². The van der Waals surface area contributed by atoms with Crippen LogP contribution in [0.25, 0.3) is 0 Å². The fourth-order valence-corrected chi connectivity index (χ4v) is 3.37. The summed E-state index contributed by atoms with van der Waals surface area (Å²) in [5.74, 6) is -3.07. The molecule has 0 saturated heterocycles. The highest BCUT2D eigenvalue weighted by Gasteiger charge is 2.55. The lowest BCUT2D eigenvalue weighted by molar-refractivity contribution is -0.469. The van der Waals surface area contributed by atoms with E-state index in [-0.39, 0.29) is 0 Å². The highest BCUT2D eigenvalue weighted by atomic mass is 28.2. The van der Waals surface area contributed by atoms with Gasteiger partial charge in [-0.2, -0.15) is 0 Å². The summed E-state index contributed by atoms with van der Waals surface area (Å²) in [4.78, 5) is 0. The summed E-state index contributed by atoms with van der Waals surface area (Å²) in [6, 6.07) is 0. The van der Waals surface area contributed by atoms with Crippen LogP contribution >= 0.6 is 0 Å². The van der Waals surface area contributed by atoms with Crippen molar-refractivity contribution in [2.75, 3.05) is 41.2 Å². The number of rotatable bonds is 19. The van der Waals surface area contributed by atoms with Crippen LogP contribution in [0, 0.1) is 0 Å². The molecule has 0 aromatic heterocycles. The summed E-state index contributed by atoms with van der Waals surface area (Å²) < 4.78 is 41.1. The van der Waals surface area contributed by atoms with Crippen LogP contribution in [0.3, 0.4) is 0 Å². The Hall–Kier alpha value is -0.0631. The van der Waals surface area contributed by atoms with E-state index in [9.17, 15) is 0 Å². The van der Waals surface area contributed by atoms with Crippen molar-refractivity contribution >= 4 is 9.76 Å². The fourth-order valence-electron chi connectivity index (χ4n) is 2.31. The van der Waals surface area contributed by atoms with Crippen LogP contribution < -0.4 is 0 Å². The molecule has 1 unspecified atom stereocenters. The Morgan fingerprint density at radius 2 is 1.19 bits per heavy atom. The molecule has 0 radical (unpaired) electrons. The van der Waals surface area contributed by atoms with E-state index in [1.54, 1.807) is 21.3 Å². The molecule has 164 valence electrons. The van der Waals surface area contributed by atoms with Crippen LogP contribution in [-0.4, -0.2) is 68.6 Å². The largest absolute Gasteiger partial charge is 0.366 e. The molecule has 0 rings (SSSR count). The van der Waals surface area contributed by atoms with Gasteiger partial charge in [0.15, 0.2) is 5.91 Å². The van der Waals surface area contributed by atoms with Gasteiger partial charge < -0.3 is 32.8 Å². The van der Waals surface area contributed by atoms with Gasteiger partial charge in [-0.25, -0.2) is 0 Å². The van der Waals surface area contributed by atoms with Crippen molar-refractivity contribution in [2.24, 2.45) is 0 Å². The highest BCUT2D eigenvalue weighted by molar-refractivity contribution is 6.28. The second-order valence-electron chi connectivity index (χ2n) is 6.52. The van der Waals surface area contributed by atoms with E-state index in [1.165, 1.54) is 0 Å². The standard InChI is InChI=1S/C19H42O7Si/c1-8-11-14-23-18(4,22-7)19(24-15-12-9-2,25-16-13-10-3)26-27-17(20-5)21-6/h17H,8-16,27H2,1-7H3. The van der Waals surface area contributed by atoms with Gasteiger partial charge in [0, 0.05) is 21.3 Å². The Balaban J connectivity index is 5.57. The second-order valence-corrected chi connectivity index (χ2v) is 7.81. The van der Waals surface area contributed by atoms with Gasteiger partial charge in [-0.1, -0.05) is 40.0 Å². The summed E-state index contributed by atoms with van der Waals surface area (Å²) >= 11 is 0. The number of hydrogen-bond acceptors (Lipinski definition) is 7. The zero-order chi connectivity index (χ0) is 20.6. The average molecular weight is 411 g/mol. The fraction of sp³-hybridized carbons (Fsp3) is 1.00. The smallest absolute Gasteiger partial charge is 0.330 e. The Bertz CT molecular complexity index is 332. The number of methoxy groups -OCH3 is 3. The molecule has 0 fully saturated rings. The molecule has 0 aromatic carbocycles. The Morgan fingerprint density at radius 3 is 1.56 bits per heavy atom. The maximum atomic E-state index is 6.25. The lowest BCUT2D eigenvalue weighted by Crippen LogP contribution is -2.62. The monoisotopic (exact) mass is 410 g/mol. The van der Waals surface area contributed by atoms with E-state index < -0.39 is 27.4 Å². The third kappa shape index (κ3) is 9.32. The Kier molecular flexibility index (Phi) is 15.8. The minimum absolute atomic E-state index is 0.411. The molecule has 0 N–H and O–H groups in total. The van der Waals surface area contributed by atoms with Crippen molar-refractivity contribution < 1.29 is 32.8 Å². The molecule has 0 spiro atoms. The molecule has 1 atom stereocenters. The van der Waals surface area contributed by atoms with E-state index in [2.05, 4.69) is 20.8 Å². The quantitative estimate of drug-likeness (QED) is 0.184. The van der Waals surface area contributed by atoms with Crippen molar-refractivity contribution in [1.29, 1.82) is 0 Å².